The predicted octanol–water partition coefficient (Wildman–Crippen LogP) is 5.07. The fraction of sp³-hybridized carbons (Fsp3) is 0.207. The number of carbonyl (C=O) groups is 2. The van der Waals surface area contributed by atoms with E-state index in [1.807, 2.05) is 44.2 Å². The van der Waals surface area contributed by atoms with E-state index in [-0.39, 0.29) is 47.8 Å². The molecule has 0 aliphatic rings. The number of hydrogen-bond donors (Lipinski definition) is 2. The first kappa shape index (κ1) is 30.2. The summed E-state index contributed by atoms with van der Waals surface area (Å²) in [6, 6.07) is 20.7. The van der Waals surface area contributed by atoms with Crippen molar-refractivity contribution in [3.8, 4) is 16.9 Å². The van der Waals surface area contributed by atoms with E-state index >= 15 is 0 Å². The van der Waals surface area contributed by atoms with Crippen molar-refractivity contribution < 1.29 is 19.4 Å². The number of rotatable bonds is 8. The maximum Gasteiger partial charge on any atom is 0.323 e. The molecule has 0 aliphatic carbocycles. The molecular formula is C29H28ClN3NaO5. The standard InChI is InChI=1S/C29H28ClN3O5.Na/c1-18(2)38-22-11-7-10-21(15-22)33(17-26(34)35)29(37)31-16-25-27(19-8-5-4-6-9-19)24-14-20(30)12-13-23(24)28(36)32(25)3;/h4-15,18H,16-17H2,1-3H3,(H,31,37)(H,34,35);. The van der Waals surface area contributed by atoms with Crippen LogP contribution in [-0.4, -0.2) is 63.9 Å². The van der Waals surface area contributed by atoms with Gasteiger partial charge in [0.15, 0.2) is 0 Å². The van der Waals surface area contributed by atoms with Crippen molar-refractivity contribution in [2.24, 2.45) is 7.05 Å². The number of pyridine rings is 1. The van der Waals surface area contributed by atoms with E-state index in [2.05, 4.69) is 5.32 Å². The summed E-state index contributed by atoms with van der Waals surface area (Å²) in [5.41, 5.74) is 2.28. The van der Waals surface area contributed by atoms with E-state index in [0.717, 1.165) is 16.0 Å². The number of benzene rings is 3. The molecule has 197 valence electrons. The Labute approximate surface area is 253 Å². The van der Waals surface area contributed by atoms with Gasteiger partial charge in [-0.1, -0.05) is 48.0 Å². The number of urea groups is 1. The zero-order valence-electron chi connectivity index (χ0n) is 22.3. The summed E-state index contributed by atoms with van der Waals surface area (Å²) in [6.07, 6.45) is -0.0916. The van der Waals surface area contributed by atoms with Crippen LogP contribution in [0.4, 0.5) is 10.5 Å². The number of aliphatic carboxylic acids is 1. The average molecular weight is 557 g/mol. The van der Waals surface area contributed by atoms with Gasteiger partial charge >= 0.3 is 12.0 Å². The van der Waals surface area contributed by atoms with Crippen LogP contribution >= 0.6 is 11.6 Å². The van der Waals surface area contributed by atoms with Gasteiger partial charge in [0.05, 0.1) is 12.6 Å². The topological polar surface area (TPSA) is 101 Å². The van der Waals surface area contributed by atoms with Gasteiger partial charge in [0.2, 0.25) is 0 Å². The molecule has 1 aromatic heterocycles. The van der Waals surface area contributed by atoms with Crippen LogP contribution < -0.4 is 20.5 Å². The van der Waals surface area contributed by atoms with E-state index in [0.29, 0.717) is 32.9 Å². The van der Waals surface area contributed by atoms with Gasteiger partial charge in [0.25, 0.3) is 5.56 Å². The summed E-state index contributed by atoms with van der Waals surface area (Å²) in [5.74, 6) is -0.658. The van der Waals surface area contributed by atoms with Gasteiger partial charge < -0.3 is 19.7 Å². The zero-order valence-corrected chi connectivity index (χ0v) is 25.0. The summed E-state index contributed by atoms with van der Waals surface area (Å²) in [4.78, 5) is 39.3. The molecule has 0 fully saturated rings. The van der Waals surface area contributed by atoms with Crippen LogP contribution in [-0.2, 0) is 18.4 Å². The Kier molecular flexibility index (Phi) is 10.2. The smallest absolute Gasteiger partial charge is 0.323 e. The van der Waals surface area contributed by atoms with Crippen LogP contribution in [0.1, 0.15) is 19.5 Å². The molecule has 2 N–H and O–H groups in total. The SMILES string of the molecule is CC(C)Oc1cccc(N(CC(=O)O)C(=O)NCc2c(-c3ccccc3)c3cc(Cl)ccc3c(=O)n2C)c1.[Na]. The predicted molar refractivity (Wildman–Crippen MR) is 155 cm³/mol. The largest absolute Gasteiger partial charge is 0.491 e. The molecule has 0 bridgehead atoms. The van der Waals surface area contributed by atoms with E-state index in [1.54, 1.807) is 49.5 Å². The molecule has 0 aliphatic heterocycles. The molecule has 0 spiro atoms. The molecule has 1 heterocycles. The normalized spacial score (nSPS) is 10.7. The summed E-state index contributed by atoms with van der Waals surface area (Å²) in [7, 11) is 1.64. The minimum atomic E-state index is -1.17. The molecule has 1 radical (unpaired) electrons. The van der Waals surface area contributed by atoms with Gasteiger partial charge in [0, 0.05) is 70.0 Å². The van der Waals surface area contributed by atoms with Crippen LogP contribution in [0.15, 0.2) is 77.6 Å². The maximum atomic E-state index is 13.3. The molecule has 39 heavy (non-hydrogen) atoms. The Bertz CT molecular complexity index is 1560. The van der Waals surface area contributed by atoms with Crippen molar-refractivity contribution >= 4 is 69.6 Å². The first-order valence-electron chi connectivity index (χ1n) is 12.1. The molecular weight excluding hydrogens is 529 g/mol. The Morgan fingerprint density at radius 1 is 1.03 bits per heavy atom. The van der Waals surface area contributed by atoms with Crippen LogP contribution in [0.3, 0.4) is 0 Å². The van der Waals surface area contributed by atoms with Crippen molar-refractivity contribution in [2.75, 3.05) is 11.4 Å². The second kappa shape index (κ2) is 13.2. The maximum absolute atomic E-state index is 13.3. The van der Waals surface area contributed by atoms with E-state index in [4.69, 9.17) is 16.3 Å². The van der Waals surface area contributed by atoms with Gasteiger partial charge in [-0.3, -0.25) is 14.5 Å². The molecule has 0 unspecified atom stereocenters. The Morgan fingerprint density at radius 3 is 2.41 bits per heavy atom. The molecule has 10 heteroatoms. The molecule has 8 nitrogen and oxygen atoms in total. The summed E-state index contributed by atoms with van der Waals surface area (Å²) in [6.45, 7) is 3.16. The van der Waals surface area contributed by atoms with Crippen LogP contribution in [0.25, 0.3) is 21.9 Å². The van der Waals surface area contributed by atoms with Crippen LogP contribution in [0.5, 0.6) is 5.75 Å². The fourth-order valence-corrected chi connectivity index (χ4v) is 4.51. The fourth-order valence-electron chi connectivity index (χ4n) is 4.34. The number of hydrogen-bond acceptors (Lipinski definition) is 4. The number of aromatic nitrogens is 1. The summed E-state index contributed by atoms with van der Waals surface area (Å²) in [5, 5.41) is 14.0. The van der Waals surface area contributed by atoms with Crippen LogP contribution in [0.2, 0.25) is 5.02 Å². The summed E-state index contributed by atoms with van der Waals surface area (Å²) >= 11 is 6.30. The third-order valence-electron chi connectivity index (χ3n) is 5.99. The van der Waals surface area contributed by atoms with Crippen molar-refractivity contribution in [2.45, 2.75) is 26.5 Å². The molecule has 3 aromatic carbocycles. The number of carboxylic acids is 1. The Morgan fingerprint density at radius 2 is 1.74 bits per heavy atom. The number of anilines is 1. The van der Waals surface area contributed by atoms with Gasteiger partial charge in [-0.25, -0.2) is 4.79 Å². The Hall–Kier alpha value is -3.30. The monoisotopic (exact) mass is 556 g/mol. The molecule has 4 aromatic rings. The number of nitrogens with zero attached hydrogens (tertiary/aromatic N) is 2. The number of amides is 2. The van der Waals surface area contributed by atoms with Crippen molar-refractivity contribution in [1.82, 2.24) is 9.88 Å². The zero-order chi connectivity index (χ0) is 27.4. The van der Waals surface area contributed by atoms with Crippen LogP contribution in [0, 0.1) is 0 Å². The van der Waals surface area contributed by atoms with E-state index < -0.39 is 18.5 Å². The minimum Gasteiger partial charge on any atom is -0.491 e. The third-order valence-corrected chi connectivity index (χ3v) is 6.22. The first-order valence-corrected chi connectivity index (χ1v) is 12.4. The van der Waals surface area contributed by atoms with E-state index in [9.17, 15) is 19.5 Å². The average Bonchev–Trinajstić information content (AvgIpc) is 2.88. The first-order chi connectivity index (χ1) is 18.2. The molecule has 0 saturated heterocycles. The molecule has 4 rings (SSSR count). The van der Waals surface area contributed by atoms with Gasteiger partial charge in [-0.15, -0.1) is 0 Å². The second-order valence-electron chi connectivity index (χ2n) is 9.04. The van der Waals surface area contributed by atoms with Gasteiger partial charge in [-0.2, -0.15) is 0 Å². The van der Waals surface area contributed by atoms with Crippen molar-refractivity contribution in [1.29, 1.82) is 0 Å². The molecule has 0 saturated carbocycles. The quantitative estimate of drug-likeness (QED) is 0.295. The minimum absolute atomic E-state index is 0. The number of nitrogens with one attached hydrogen (secondary N) is 1. The van der Waals surface area contributed by atoms with Crippen molar-refractivity contribution in [3.05, 3.63) is 93.9 Å². The summed E-state index contributed by atoms with van der Waals surface area (Å²) < 4.78 is 7.21. The number of ether oxygens (including phenoxy) is 1. The number of halogens is 1. The second-order valence-corrected chi connectivity index (χ2v) is 9.48. The number of carboxylic acid groups (broad SMARTS) is 1. The number of carbonyl (C=O) groups excluding carboxylic acids is 1. The Balaban J connectivity index is 0.00000420. The molecule has 0 atom stereocenters. The van der Waals surface area contributed by atoms with Crippen molar-refractivity contribution in [3.63, 3.8) is 0 Å². The molecule has 2 amide bonds. The number of fused-ring (bicyclic) bond motifs is 1. The van der Waals surface area contributed by atoms with Gasteiger partial charge in [0.1, 0.15) is 12.3 Å². The van der Waals surface area contributed by atoms with E-state index in [1.165, 1.54) is 4.57 Å². The third kappa shape index (κ3) is 7.02. The van der Waals surface area contributed by atoms with Gasteiger partial charge in [-0.05, 0) is 55.1 Å².